The van der Waals surface area contributed by atoms with Gasteiger partial charge in [-0.25, -0.2) is 9.37 Å². The molecule has 0 radical (unpaired) electrons. The van der Waals surface area contributed by atoms with Crippen molar-refractivity contribution in [2.24, 2.45) is 0 Å². The van der Waals surface area contributed by atoms with E-state index in [0.29, 0.717) is 6.54 Å². The molecule has 0 spiro atoms. The van der Waals surface area contributed by atoms with Crippen LogP contribution in [0.2, 0.25) is 0 Å². The Morgan fingerprint density at radius 2 is 1.79 bits per heavy atom. The highest BCUT2D eigenvalue weighted by Crippen LogP contribution is 2.24. The largest absolute Gasteiger partial charge is 0.352 e. The van der Waals surface area contributed by atoms with Gasteiger partial charge in [0.2, 0.25) is 5.91 Å². The van der Waals surface area contributed by atoms with Crippen molar-refractivity contribution in [1.82, 2.24) is 15.2 Å². The number of aromatic nitrogens is 1. The first-order valence-corrected chi connectivity index (χ1v) is 10.8. The van der Waals surface area contributed by atoms with Crippen molar-refractivity contribution in [3.05, 3.63) is 76.5 Å². The summed E-state index contributed by atoms with van der Waals surface area (Å²) in [5.41, 5.74) is 4.04. The summed E-state index contributed by atoms with van der Waals surface area (Å²) in [4.78, 5) is 19.4. The first-order valence-electron chi connectivity index (χ1n) is 9.93. The molecule has 0 unspecified atom stereocenters. The molecule has 0 bridgehead atoms. The molecular weight excluding hydrogens is 385 g/mol. The Bertz CT molecular complexity index is 964. The second-order valence-corrected chi connectivity index (χ2v) is 8.21. The summed E-state index contributed by atoms with van der Waals surface area (Å²) in [6.07, 6.45) is 2.78. The number of nitrogens with one attached hydrogen (secondary N) is 1. The maximum Gasteiger partial charge on any atom is 0.226 e. The maximum absolute atomic E-state index is 13.1. The van der Waals surface area contributed by atoms with E-state index in [9.17, 15) is 9.18 Å². The molecule has 29 heavy (non-hydrogen) atoms. The molecule has 1 fully saturated rings. The molecule has 2 aromatic carbocycles. The van der Waals surface area contributed by atoms with Gasteiger partial charge in [-0.2, -0.15) is 0 Å². The van der Waals surface area contributed by atoms with Gasteiger partial charge in [0.25, 0.3) is 0 Å². The minimum Gasteiger partial charge on any atom is -0.352 e. The van der Waals surface area contributed by atoms with Gasteiger partial charge >= 0.3 is 0 Å². The average Bonchev–Trinajstić information content (AvgIpc) is 3.40. The van der Waals surface area contributed by atoms with Gasteiger partial charge in [-0.3, -0.25) is 9.69 Å². The van der Waals surface area contributed by atoms with Gasteiger partial charge in [0.15, 0.2) is 0 Å². The second-order valence-electron chi connectivity index (χ2n) is 7.36. The lowest BCUT2D eigenvalue weighted by Crippen LogP contribution is -2.26. The molecular formula is C23H24FN3OS. The maximum atomic E-state index is 13.1. The molecule has 1 N–H and O–H groups in total. The lowest BCUT2D eigenvalue weighted by Gasteiger charge is -2.17. The molecule has 6 heteroatoms. The fourth-order valence-corrected chi connectivity index (χ4v) is 4.43. The molecule has 1 aliphatic rings. The molecule has 1 aliphatic heterocycles. The second kappa shape index (κ2) is 9.29. The lowest BCUT2D eigenvalue weighted by molar-refractivity contribution is -0.120. The van der Waals surface area contributed by atoms with Gasteiger partial charge in [-0.15, -0.1) is 11.3 Å². The van der Waals surface area contributed by atoms with Crippen LogP contribution in [0.15, 0.2) is 53.9 Å². The number of carbonyl (C=O) groups excluding carboxylic acids is 1. The Kier molecular flexibility index (Phi) is 6.32. The number of hydrogen-bond acceptors (Lipinski definition) is 4. The van der Waals surface area contributed by atoms with Gasteiger partial charge in [0, 0.05) is 24.0 Å². The number of amides is 1. The Labute approximate surface area is 174 Å². The Morgan fingerprint density at radius 3 is 2.55 bits per heavy atom. The van der Waals surface area contributed by atoms with Gasteiger partial charge in [-0.1, -0.05) is 24.3 Å². The molecule has 1 saturated heterocycles. The Hall–Kier alpha value is -2.57. The van der Waals surface area contributed by atoms with Crippen LogP contribution >= 0.6 is 11.3 Å². The van der Waals surface area contributed by atoms with Crippen LogP contribution < -0.4 is 5.32 Å². The van der Waals surface area contributed by atoms with E-state index in [4.69, 9.17) is 0 Å². The molecule has 150 valence electrons. The van der Waals surface area contributed by atoms with E-state index >= 15 is 0 Å². The van der Waals surface area contributed by atoms with E-state index in [0.717, 1.165) is 41.5 Å². The van der Waals surface area contributed by atoms with Crippen LogP contribution in [-0.2, 0) is 24.3 Å². The zero-order chi connectivity index (χ0) is 20.1. The summed E-state index contributed by atoms with van der Waals surface area (Å²) in [6, 6.07) is 14.6. The number of nitrogens with zero attached hydrogens (tertiary/aromatic N) is 2. The molecule has 4 rings (SSSR count). The van der Waals surface area contributed by atoms with Crippen LogP contribution in [0, 0.1) is 5.82 Å². The summed E-state index contributed by atoms with van der Waals surface area (Å²) in [7, 11) is 0. The predicted molar refractivity (Wildman–Crippen MR) is 114 cm³/mol. The van der Waals surface area contributed by atoms with Gasteiger partial charge < -0.3 is 5.32 Å². The van der Waals surface area contributed by atoms with Crippen LogP contribution in [0.1, 0.15) is 29.7 Å². The van der Waals surface area contributed by atoms with Gasteiger partial charge in [-0.05, 0) is 61.3 Å². The number of carbonyl (C=O) groups is 1. The number of thiazole rings is 1. The van der Waals surface area contributed by atoms with E-state index in [1.165, 1.54) is 41.9 Å². The number of benzene rings is 2. The van der Waals surface area contributed by atoms with Crippen LogP contribution in [0.3, 0.4) is 0 Å². The summed E-state index contributed by atoms with van der Waals surface area (Å²) in [5.74, 6) is -0.313. The van der Waals surface area contributed by atoms with Crippen molar-refractivity contribution in [1.29, 1.82) is 0 Å². The third kappa shape index (κ3) is 5.28. The zero-order valence-electron chi connectivity index (χ0n) is 16.2. The van der Waals surface area contributed by atoms with E-state index in [2.05, 4.69) is 33.4 Å². The first kappa shape index (κ1) is 19.7. The van der Waals surface area contributed by atoms with Crippen molar-refractivity contribution in [3.63, 3.8) is 0 Å². The fraction of sp³-hybridized carbons (Fsp3) is 0.304. The monoisotopic (exact) mass is 409 g/mol. The molecule has 1 aromatic heterocycles. The number of rotatable bonds is 7. The molecule has 4 nitrogen and oxygen atoms in total. The van der Waals surface area contributed by atoms with Crippen LogP contribution in [0.4, 0.5) is 4.39 Å². The van der Waals surface area contributed by atoms with Crippen LogP contribution in [-0.4, -0.2) is 28.9 Å². The SMILES string of the molecule is O=C(Cc1csc(-c2ccc(F)cc2)n1)NCc1ccccc1CN1CCCC1. The first-order chi connectivity index (χ1) is 14.2. The zero-order valence-corrected chi connectivity index (χ0v) is 17.1. The predicted octanol–water partition coefficient (Wildman–Crippen LogP) is 4.40. The van der Waals surface area contributed by atoms with E-state index < -0.39 is 0 Å². The van der Waals surface area contributed by atoms with Crippen molar-refractivity contribution < 1.29 is 9.18 Å². The lowest BCUT2D eigenvalue weighted by atomic mass is 10.1. The highest BCUT2D eigenvalue weighted by Gasteiger charge is 2.14. The molecule has 0 saturated carbocycles. The van der Waals surface area contributed by atoms with Gasteiger partial charge in [0.1, 0.15) is 10.8 Å². The topological polar surface area (TPSA) is 45.2 Å². The summed E-state index contributed by atoms with van der Waals surface area (Å²) in [5, 5.41) is 5.71. The van der Waals surface area contributed by atoms with Crippen molar-refractivity contribution in [3.8, 4) is 10.6 Å². The minimum atomic E-state index is -0.269. The van der Waals surface area contributed by atoms with E-state index in [1.54, 1.807) is 12.1 Å². The summed E-state index contributed by atoms with van der Waals surface area (Å²) in [6.45, 7) is 3.78. The van der Waals surface area contributed by atoms with E-state index in [1.807, 2.05) is 11.4 Å². The van der Waals surface area contributed by atoms with Crippen molar-refractivity contribution in [2.75, 3.05) is 13.1 Å². The smallest absolute Gasteiger partial charge is 0.226 e. The Morgan fingerprint density at radius 1 is 1.07 bits per heavy atom. The van der Waals surface area contributed by atoms with Crippen molar-refractivity contribution >= 4 is 17.2 Å². The third-order valence-corrected chi connectivity index (χ3v) is 6.11. The van der Waals surface area contributed by atoms with Crippen LogP contribution in [0.5, 0.6) is 0 Å². The highest BCUT2D eigenvalue weighted by atomic mass is 32.1. The summed E-state index contributed by atoms with van der Waals surface area (Å²) >= 11 is 1.47. The molecule has 0 aliphatic carbocycles. The number of likely N-dealkylation sites (tertiary alicyclic amines) is 1. The average molecular weight is 410 g/mol. The number of hydrogen-bond donors (Lipinski definition) is 1. The normalized spacial score (nSPS) is 14.2. The molecule has 2 heterocycles. The molecule has 0 atom stereocenters. The Balaban J connectivity index is 1.33. The quantitative estimate of drug-likeness (QED) is 0.629. The minimum absolute atomic E-state index is 0.0445. The van der Waals surface area contributed by atoms with E-state index in [-0.39, 0.29) is 18.1 Å². The number of halogens is 1. The van der Waals surface area contributed by atoms with Gasteiger partial charge in [0.05, 0.1) is 12.1 Å². The molecule has 1 amide bonds. The summed E-state index contributed by atoms with van der Waals surface area (Å²) < 4.78 is 13.1. The highest BCUT2D eigenvalue weighted by molar-refractivity contribution is 7.13. The standard InChI is InChI=1S/C23H24FN3OS/c24-20-9-7-17(8-10-20)23-26-21(16-29-23)13-22(28)25-14-18-5-1-2-6-19(18)15-27-11-3-4-12-27/h1-2,5-10,16H,3-4,11-15H2,(H,25,28). The third-order valence-electron chi connectivity index (χ3n) is 5.17. The van der Waals surface area contributed by atoms with Crippen molar-refractivity contribution in [2.45, 2.75) is 32.4 Å². The molecule has 3 aromatic rings. The van der Waals surface area contributed by atoms with Crippen LogP contribution in [0.25, 0.3) is 10.6 Å². The fourth-order valence-electron chi connectivity index (χ4n) is 3.60.